The van der Waals surface area contributed by atoms with Crippen molar-refractivity contribution in [3.8, 4) is 0 Å². The summed E-state index contributed by atoms with van der Waals surface area (Å²) in [6.07, 6.45) is 6.86. The zero-order chi connectivity index (χ0) is 13.8. The second-order valence-electron chi connectivity index (χ2n) is 6.40. The van der Waals surface area contributed by atoms with E-state index in [0.29, 0.717) is 36.6 Å². The van der Waals surface area contributed by atoms with Gasteiger partial charge in [0.05, 0.1) is 12.2 Å². The van der Waals surface area contributed by atoms with E-state index < -0.39 is 0 Å². The molecule has 4 nitrogen and oxygen atoms in total. The number of carbonyl (C=O) groups excluding carboxylic acids is 1. The molecule has 0 radical (unpaired) electrons. The maximum Gasteiger partial charge on any atom is 0.293 e. The number of hydrogen-bond acceptors (Lipinski definition) is 4. The predicted octanol–water partition coefficient (Wildman–Crippen LogP) is 2.25. The summed E-state index contributed by atoms with van der Waals surface area (Å²) in [4.78, 5) is 10.4. The molecule has 2 N–H and O–H groups in total. The summed E-state index contributed by atoms with van der Waals surface area (Å²) in [6, 6.07) is 0.342. The summed E-state index contributed by atoms with van der Waals surface area (Å²) in [5, 5.41) is 0. The first-order valence-electron chi connectivity index (χ1n) is 7.60. The number of ether oxygens (including phenoxy) is 2. The highest BCUT2D eigenvalue weighted by atomic mass is 16.5. The van der Waals surface area contributed by atoms with Crippen LogP contribution in [0.3, 0.4) is 0 Å². The van der Waals surface area contributed by atoms with Crippen molar-refractivity contribution in [3.63, 3.8) is 0 Å². The van der Waals surface area contributed by atoms with Crippen LogP contribution < -0.4 is 5.73 Å². The van der Waals surface area contributed by atoms with Gasteiger partial charge in [-0.05, 0) is 50.4 Å². The molecule has 0 spiro atoms. The van der Waals surface area contributed by atoms with Crippen molar-refractivity contribution in [3.05, 3.63) is 0 Å². The largest absolute Gasteiger partial charge is 0.465 e. The fraction of sp³-hybridized carbons (Fsp3) is 0.933. The first-order valence-corrected chi connectivity index (χ1v) is 7.60. The maximum atomic E-state index is 10.4. The fourth-order valence-corrected chi connectivity index (χ4v) is 3.46. The molecule has 2 aliphatic rings. The molecule has 2 aliphatic carbocycles. The average Bonchev–Trinajstić information content (AvgIpc) is 2.37. The van der Waals surface area contributed by atoms with E-state index >= 15 is 0 Å². The molecule has 0 aromatic heterocycles. The van der Waals surface area contributed by atoms with E-state index in [0.717, 1.165) is 38.5 Å². The highest BCUT2D eigenvalue weighted by molar-refractivity contribution is 5.37. The summed E-state index contributed by atoms with van der Waals surface area (Å²) in [7, 11) is 0. The molecule has 2 saturated carbocycles. The van der Waals surface area contributed by atoms with Crippen LogP contribution in [0.4, 0.5) is 0 Å². The zero-order valence-corrected chi connectivity index (χ0v) is 12.1. The molecule has 2 rings (SSSR count). The first kappa shape index (κ1) is 14.8. The molecule has 0 amide bonds. The van der Waals surface area contributed by atoms with Gasteiger partial charge < -0.3 is 15.2 Å². The third-order valence-electron chi connectivity index (χ3n) is 4.85. The van der Waals surface area contributed by atoms with Gasteiger partial charge in [0.1, 0.15) is 6.10 Å². The van der Waals surface area contributed by atoms with Crippen LogP contribution in [0.1, 0.15) is 52.4 Å². The highest BCUT2D eigenvalue weighted by Gasteiger charge is 2.33. The molecule has 6 atom stereocenters. The minimum absolute atomic E-state index is 0.0889. The Labute approximate surface area is 116 Å². The van der Waals surface area contributed by atoms with Gasteiger partial charge in [0.15, 0.2) is 0 Å². The number of carbonyl (C=O) groups is 1. The lowest BCUT2D eigenvalue weighted by molar-refractivity contribution is -0.141. The average molecular weight is 269 g/mol. The summed E-state index contributed by atoms with van der Waals surface area (Å²) < 4.78 is 11.4. The van der Waals surface area contributed by atoms with Crippen LogP contribution >= 0.6 is 0 Å². The van der Waals surface area contributed by atoms with Crippen molar-refractivity contribution in [1.29, 1.82) is 0 Å². The Hall–Kier alpha value is -0.610. The third-order valence-corrected chi connectivity index (χ3v) is 4.85. The highest BCUT2D eigenvalue weighted by Crippen LogP contribution is 2.33. The standard InChI is InChI=1S/C15H27NO3/c1-10-7-13(3-5-14(10)16)19-15-6-4-12(18-9-17)8-11(15)2/h9-15H,3-8,16H2,1-2H3. The SMILES string of the molecule is CC1CC(OC2CCC(OC=O)CC2C)CCC1N. The lowest BCUT2D eigenvalue weighted by atomic mass is 9.83. The molecule has 0 aliphatic heterocycles. The van der Waals surface area contributed by atoms with Gasteiger partial charge >= 0.3 is 0 Å². The Kier molecular flexibility index (Phi) is 5.22. The van der Waals surface area contributed by atoms with E-state index in [1.54, 1.807) is 0 Å². The van der Waals surface area contributed by atoms with Crippen LogP contribution in [0, 0.1) is 11.8 Å². The summed E-state index contributed by atoms with van der Waals surface area (Å²) >= 11 is 0. The topological polar surface area (TPSA) is 61.5 Å². The lowest BCUT2D eigenvalue weighted by Gasteiger charge is -2.38. The van der Waals surface area contributed by atoms with Crippen molar-refractivity contribution in [2.24, 2.45) is 17.6 Å². The van der Waals surface area contributed by atoms with Gasteiger partial charge in [0.25, 0.3) is 6.47 Å². The molecule has 0 saturated heterocycles. The summed E-state index contributed by atoms with van der Waals surface area (Å²) in [5.41, 5.74) is 6.05. The summed E-state index contributed by atoms with van der Waals surface area (Å²) in [5.74, 6) is 1.02. The van der Waals surface area contributed by atoms with Crippen molar-refractivity contribution in [2.45, 2.75) is 76.7 Å². The van der Waals surface area contributed by atoms with Gasteiger partial charge in [-0.3, -0.25) is 4.79 Å². The van der Waals surface area contributed by atoms with Gasteiger partial charge in [0, 0.05) is 6.04 Å². The number of rotatable bonds is 4. The first-order chi connectivity index (χ1) is 9.10. The van der Waals surface area contributed by atoms with Crippen LogP contribution in [-0.2, 0) is 14.3 Å². The maximum absolute atomic E-state index is 10.4. The van der Waals surface area contributed by atoms with Crippen LogP contribution in [0.2, 0.25) is 0 Å². The normalized spacial score (nSPS) is 43.7. The number of nitrogens with two attached hydrogens (primary N) is 1. The Morgan fingerprint density at radius 3 is 2.32 bits per heavy atom. The third kappa shape index (κ3) is 3.93. The Bertz CT molecular complexity index is 297. The molecule has 0 heterocycles. The van der Waals surface area contributed by atoms with Gasteiger partial charge in [0.2, 0.25) is 0 Å². The molecular formula is C15H27NO3. The Morgan fingerprint density at radius 1 is 1.00 bits per heavy atom. The molecule has 0 bridgehead atoms. The van der Waals surface area contributed by atoms with Crippen molar-refractivity contribution in [2.75, 3.05) is 0 Å². The molecule has 4 heteroatoms. The van der Waals surface area contributed by atoms with Gasteiger partial charge in [-0.25, -0.2) is 0 Å². The second kappa shape index (κ2) is 6.71. The molecule has 0 aromatic rings. The van der Waals surface area contributed by atoms with E-state index in [1.807, 2.05) is 0 Å². The van der Waals surface area contributed by atoms with E-state index in [-0.39, 0.29) is 6.10 Å². The van der Waals surface area contributed by atoms with Crippen LogP contribution in [0.15, 0.2) is 0 Å². The van der Waals surface area contributed by atoms with E-state index in [9.17, 15) is 4.79 Å². The van der Waals surface area contributed by atoms with Gasteiger partial charge in [-0.1, -0.05) is 13.8 Å². The van der Waals surface area contributed by atoms with E-state index in [2.05, 4.69) is 13.8 Å². The van der Waals surface area contributed by atoms with Gasteiger partial charge in [-0.15, -0.1) is 0 Å². The van der Waals surface area contributed by atoms with Crippen molar-refractivity contribution >= 4 is 6.47 Å². The summed E-state index contributed by atoms with van der Waals surface area (Å²) in [6.45, 7) is 4.99. The monoisotopic (exact) mass is 269 g/mol. The number of hydrogen-bond donors (Lipinski definition) is 1. The minimum Gasteiger partial charge on any atom is -0.465 e. The smallest absolute Gasteiger partial charge is 0.293 e. The van der Waals surface area contributed by atoms with Crippen LogP contribution in [-0.4, -0.2) is 30.8 Å². The molecular weight excluding hydrogens is 242 g/mol. The van der Waals surface area contributed by atoms with Gasteiger partial charge in [-0.2, -0.15) is 0 Å². The second-order valence-corrected chi connectivity index (χ2v) is 6.40. The zero-order valence-electron chi connectivity index (χ0n) is 12.1. The minimum atomic E-state index is 0.0889. The van der Waals surface area contributed by atoms with Crippen LogP contribution in [0.25, 0.3) is 0 Å². The molecule has 0 aromatic carbocycles. The lowest BCUT2D eigenvalue weighted by Crippen LogP contribution is -2.41. The van der Waals surface area contributed by atoms with Crippen LogP contribution in [0.5, 0.6) is 0 Å². The Morgan fingerprint density at radius 2 is 1.68 bits per heavy atom. The Balaban J connectivity index is 1.78. The van der Waals surface area contributed by atoms with E-state index in [1.165, 1.54) is 0 Å². The van der Waals surface area contributed by atoms with Crippen molar-refractivity contribution in [1.82, 2.24) is 0 Å². The molecule has 2 fully saturated rings. The molecule has 6 unspecified atom stereocenters. The fourth-order valence-electron chi connectivity index (χ4n) is 3.46. The quantitative estimate of drug-likeness (QED) is 0.795. The molecule has 19 heavy (non-hydrogen) atoms. The molecule has 110 valence electrons. The van der Waals surface area contributed by atoms with E-state index in [4.69, 9.17) is 15.2 Å². The van der Waals surface area contributed by atoms with Crippen molar-refractivity contribution < 1.29 is 14.3 Å². The predicted molar refractivity (Wildman–Crippen MR) is 73.6 cm³/mol.